The maximum Gasteiger partial charge on any atom is 0.264 e. The number of hydrogen-bond acceptors (Lipinski definition) is 4. The number of amides is 2. The second-order valence-corrected chi connectivity index (χ2v) is 11.3. The van der Waals surface area contributed by atoms with E-state index in [1.807, 2.05) is 64.1 Å². The number of aryl methyl sites for hydroxylation is 4. The van der Waals surface area contributed by atoms with E-state index >= 15 is 0 Å². The second kappa shape index (κ2) is 11.6. The third-order valence-corrected chi connectivity index (χ3v) is 8.13. The van der Waals surface area contributed by atoms with E-state index in [2.05, 4.69) is 5.32 Å². The molecule has 0 spiro atoms. The van der Waals surface area contributed by atoms with Crippen molar-refractivity contribution in [2.75, 3.05) is 17.9 Å². The van der Waals surface area contributed by atoms with Crippen molar-refractivity contribution in [1.29, 1.82) is 0 Å². The van der Waals surface area contributed by atoms with Gasteiger partial charge in [-0.2, -0.15) is 0 Å². The van der Waals surface area contributed by atoms with Gasteiger partial charge in [0.15, 0.2) is 0 Å². The Labute approximate surface area is 220 Å². The first-order chi connectivity index (χ1) is 17.4. The number of nitrogens with zero attached hydrogens (tertiary/aromatic N) is 2. The van der Waals surface area contributed by atoms with Crippen LogP contribution in [0.25, 0.3) is 0 Å². The van der Waals surface area contributed by atoms with Crippen molar-refractivity contribution in [3.05, 3.63) is 94.5 Å². The first kappa shape index (κ1) is 27.9. The van der Waals surface area contributed by atoms with Gasteiger partial charge < -0.3 is 10.2 Å². The Morgan fingerprint density at radius 3 is 2.08 bits per heavy atom. The molecule has 0 aliphatic heterocycles. The van der Waals surface area contributed by atoms with E-state index in [1.165, 1.54) is 11.9 Å². The van der Waals surface area contributed by atoms with Crippen LogP contribution in [-0.2, 0) is 26.2 Å². The molecule has 8 heteroatoms. The minimum atomic E-state index is -4.08. The van der Waals surface area contributed by atoms with Crippen LogP contribution in [0, 0.1) is 27.7 Å². The number of anilines is 1. The molecule has 7 nitrogen and oxygen atoms in total. The van der Waals surface area contributed by atoms with Gasteiger partial charge in [0, 0.05) is 13.6 Å². The minimum Gasteiger partial charge on any atom is -0.357 e. The fraction of sp³-hybridized carbons (Fsp3) is 0.310. The van der Waals surface area contributed by atoms with Gasteiger partial charge in [-0.25, -0.2) is 8.42 Å². The van der Waals surface area contributed by atoms with E-state index in [1.54, 1.807) is 37.3 Å². The smallest absolute Gasteiger partial charge is 0.264 e. The maximum atomic E-state index is 13.9. The highest BCUT2D eigenvalue weighted by atomic mass is 32.2. The molecule has 0 saturated carbocycles. The van der Waals surface area contributed by atoms with Crippen LogP contribution >= 0.6 is 0 Å². The molecule has 0 saturated heterocycles. The van der Waals surface area contributed by atoms with Gasteiger partial charge in [0.25, 0.3) is 10.0 Å². The van der Waals surface area contributed by atoms with Crippen LogP contribution in [0.15, 0.2) is 71.6 Å². The lowest BCUT2D eigenvalue weighted by molar-refractivity contribution is -0.139. The Balaban J connectivity index is 2.07. The summed E-state index contributed by atoms with van der Waals surface area (Å²) < 4.78 is 28.9. The molecule has 37 heavy (non-hydrogen) atoms. The van der Waals surface area contributed by atoms with Crippen LogP contribution in [-0.4, -0.2) is 44.8 Å². The van der Waals surface area contributed by atoms with E-state index in [0.29, 0.717) is 5.69 Å². The van der Waals surface area contributed by atoms with Crippen LogP contribution in [0.1, 0.15) is 34.7 Å². The number of carbonyl (C=O) groups is 2. The molecule has 0 fully saturated rings. The number of nitrogens with one attached hydrogen (secondary N) is 1. The molecule has 3 aromatic carbocycles. The lowest BCUT2D eigenvalue weighted by Crippen LogP contribution is -2.50. The van der Waals surface area contributed by atoms with Gasteiger partial charge in [0.1, 0.15) is 12.6 Å². The quantitative estimate of drug-likeness (QED) is 0.455. The van der Waals surface area contributed by atoms with Crippen LogP contribution in [0.5, 0.6) is 0 Å². The van der Waals surface area contributed by atoms with Crippen LogP contribution in [0.2, 0.25) is 0 Å². The van der Waals surface area contributed by atoms with Gasteiger partial charge in [-0.15, -0.1) is 0 Å². The highest BCUT2D eigenvalue weighted by molar-refractivity contribution is 7.92. The zero-order valence-corrected chi connectivity index (χ0v) is 23.1. The average Bonchev–Trinajstić information content (AvgIpc) is 2.85. The van der Waals surface area contributed by atoms with Crippen molar-refractivity contribution in [3.63, 3.8) is 0 Å². The number of carbonyl (C=O) groups excluding carboxylic acids is 2. The summed E-state index contributed by atoms with van der Waals surface area (Å²) in [5.74, 6) is -0.811. The van der Waals surface area contributed by atoms with Gasteiger partial charge in [0.2, 0.25) is 11.8 Å². The third-order valence-electron chi connectivity index (χ3n) is 6.36. The number of benzene rings is 3. The van der Waals surface area contributed by atoms with E-state index in [4.69, 9.17) is 0 Å². The molecule has 3 aromatic rings. The van der Waals surface area contributed by atoms with E-state index in [0.717, 1.165) is 32.1 Å². The fourth-order valence-electron chi connectivity index (χ4n) is 4.23. The molecule has 1 atom stereocenters. The SMILES string of the molecule is CNC(=O)C(C)N(Cc1cccc(C)c1)C(=O)CN(c1ccc(C)cc1C)S(=O)(=O)c1ccc(C)cc1. The zero-order chi connectivity index (χ0) is 27.3. The Morgan fingerprint density at radius 2 is 1.49 bits per heavy atom. The van der Waals surface area contributed by atoms with Gasteiger partial charge in [0.05, 0.1) is 10.6 Å². The monoisotopic (exact) mass is 521 g/mol. The summed E-state index contributed by atoms with van der Waals surface area (Å²) in [5, 5.41) is 2.59. The van der Waals surface area contributed by atoms with Gasteiger partial charge >= 0.3 is 0 Å². The summed E-state index contributed by atoms with van der Waals surface area (Å²) in [4.78, 5) is 27.9. The topological polar surface area (TPSA) is 86.8 Å². The van der Waals surface area contributed by atoms with E-state index in [-0.39, 0.29) is 17.3 Å². The fourth-order valence-corrected chi connectivity index (χ4v) is 5.71. The number of sulfonamides is 1. The molecule has 0 heterocycles. The summed E-state index contributed by atoms with van der Waals surface area (Å²) >= 11 is 0. The maximum absolute atomic E-state index is 13.9. The van der Waals surface area contributed by atoms with Crippen molar-refractivity contribution in [3.8, 4) is 0 Å². The van der Waals surface area contributed by atoms with Gasteiger partial charge in [-0.1, -0.05) is 65.2 Å². The van der Waals surface area contributed by atoms with Crippen LogP contribution < -0.4 is 9.62 Å². The van der Waals surface area contributed by atoms with E-state index in [9.17, 15) is 18.0 Å². The molecule has 0 aliphatic carbocycles. The zero-order valence-electron chi connectivity index (χ0n) is 22.3. The predicted octanol–water partition coefficient (Wildman–Crippen LogP) is 4.28. The van der Waals surface area contributed by atoms with E-state index < -0.39 is 28.5 Å². The minimum absolute atomic E-state index is 0.0930. The first-order valence-corrected chi connectivity index (χ1v) is 13.6. The Hall–Kier alpha value is -3.65. The molecule has 196 valence electrons. The molecule has 0 bridgehead atoms. The third kappa shape index (κ3) is 6.57. The number of likely N-dealkylation sites (N-methyl/N-ethyl adjacent to an activating group) is 1. The second-order valence-electron chi connectivity index (χ2n) is 9.42. The highest BCUT2D eigenvalue weighted by Gasteiger charge is 2.32. The van der Waals surface area contributed by atoms with Crippen molar-refractivity contribution in [2.45, 2.75) is 52.1 Å². The lowest BCUT2D eigenvalue weighted by Gasteiger charge is -2.32. The van der Waals surface area contributed by atoms with Crippen LogP contribution in [0.3, 0.4) is 0 Å². The first-order valence-electron chi connectivity index (χ1n) is 12.2. The largest absolute Gasteiger partial charge is 0.357 e. The molecule has 3 rings (SSSR count). The molecule has 0 radical (unpaired) electrons. The summed E-state index contributed by atoms with van der Waals surface area (Å²) in [6.45, 7) is 8.94. The summed E-state index contributed by atoms with van der Waals surface area (Å²) in [7, 11) is -2.57. The predicted molar refractivity (Wildman–Crippen MR) is 147 cm³/mol. The number of rotatable bonds is 9. The number of hydrogen-bond donors (Lipinski definition) is 1. The molecule has 0 aromatic heterocycles. The molecule has 2 amide bonds. The lowest BCUT2D eigenvalue weighted by atomic mass is 10.1. The molecule has 1 unspecified atom stereocenters. The summed E-state index contributed by atoms with van der Waals surface area (Å²) in [6, 6.07) is 18.8. The van der Waals surface area contributed by atoms with Crippen molar-refractivity contribution in [2.24, 2.45) is 0 Å². The van der Waals surface area contributed by atoms with Crippen molar-refractivity contribution < 1.29 is 18.0 Å². The van der Waals surface area contributed by atoms with Crippen LogP contribution in [0.4, 0.5) is 5.69 Å². The highest BCUT2D eigenvalue weighted by Crippen LogP contribution is 2.28. The van der Waals surface area contributed by atoms with Gasteiger partial charge in [-0.05, 0) is 63.9 Å². The Morgan fingerprint density at radius 1 is 0.865 bits per heavy atom. The van der Waals surface area contributed by atoms with Crippen molar-refractivity contribution >= 4 is 27.5 Å². The summed E-state index contributed by atoms with van der Waals surface area (Å²) in [5.41, 5.74) is 4.93. The Kier molecular flexibility index (Phi) is 8.76. The molecule has 1 N–H and O–H groups in total. The average molecular weight is 522 g/mol. The normalized spacial score (nSPS) is 12.1. The standard InChI is InChI=1S/C29H35N3O4S/c1-20-10-13-26(14-11-20)37(35,36)32(27-15-12-22(3)16-23(27)4)19-28(33)31(24(5)29(34)30-6)18-25-9-7-8-21(2)17-25/h7-17,24H,18-19H2,1-6H3,(H,30,34). The van der Waals surface area contributed by atoms with Crippen molar-refractivity contribution in [1.82, 2.24) is 10.2 Å². The molecular formula is C29H35N3O4S. The molecular weight excluding hydrogens is 486 g/mol. The van der Waals surface area contributed by atoms with Gasteiger partial charge in [-0.3, -0.25) is 13.9 Å². The Bertz CT molecular complexity index is 1380. The molecule has 0 aliphatic rings. The summed E-state index contributed by atoms with van der Waals surface area (Å²) in [6.07, 6.45) is 0.